The van der Waals surface area contributed by atoms with E-state index in [1.807, 2.05) is 7.05 Å². The van der Waals surface area contributed by atoms with Gasteiger partial charge in [-0.1, -0.05) is 0 Å². The van der Waals surface area contributed by atoms with Gasteiger partial charge in [-0.25, -0.2) is 9.97 Å². The highest BCUT2D eigenvalue weighted by atomic mass is 127. The van der Waals surface area contributed by atoms with Crippen molar-refractivity contribution in [3.63, 3.8) is 0 Å². The number of hydrogen-bond donors (Lipinski definition) is 0. The summed E-state index contributed by atoms with van der Waals surface area (Å²) in [5.41, 5.74) is 0.879. The Hall–Kier alpha value is -0.720. The number of hydrogen-bond acceptors (Lipinski definition) is 3. The van der Waals surface area contributed by atoms with Crippen molar-refractivity contribution in [1.82, 2.24) is 19.7 Å². The van der Waals surface area contributed by atoms with Crippen LogP contribution in [-0.4, -0.2) is 19.7 Å². The molecule has 11 heavy (non-hydrogen) atoms. The van der Waals surface area contributed by atoms with Gasteiger partial charge in [-0.05, 0) is 22.6 Å². The third kappa shape index (κ3) is 0.991. The lowest BCUT2D eigenvalue weighted by molar-refractivity contribution is 0.785. The van der Waals surface area contributed by atoms with Crippen LogP contribution in [0.5, 0.6) is 0 Å². The van der Waals surface area contributed by atoms with Crippen LogP contribution >= 0.6 is 22.6 Å². The lowest BCUT2D eigenvalue weighted by atomic mass is 10.4. The van der Waals surface area contributed by atoms with Crippen LogP contribution < -0.4 is 0 Å². The van der Waals surface area contributed by atoms with Crippen LogP contribution in [0.4, 0.5) is 0 Å². The van der Waals surface area contributed by atoms with E-state index in [2.05, 4.69) is 37.7 Å². The van der Waals surface area contributed by atoms with Crippen molar-refractivity contribution in [2.24, 2.45) is 7.05 Å². The highest BCUT2D eigenvalue weighted by Gasteiger charge is 2.03. The Kier molecular flexibility index (Phi) is 1.52. The molecule has 5 heteroatoms. The number of aryl methyl sites for hydroxylation is 1. The molecule has 4 nitrogen and oxygen atoms in total. The topological polar surface area (TPSA) is 43.6 Å². The average Bonchev–Trinajstić information content (AvgIpc) is 2.35. The lowest BCUT2D eigenvalue weighted by Crippen LogP contribution is -1.92. The van der Waals surface area contributed by atoms with Gasteiger partial charge in [0.15, 0.2) is 5.65 Å². The number of halogens is 1. The Balaban J connectivity index is 2.94. The average molecular weight is 260 g/mol. The second-order valence-corrected chi connectivity index (χ2v) is 3.19. The maximum atomic E-state index is 4.09. The van der Waals surface area contributed by atoms with Gasteiger partial charge in [-0.2, -0.15) is 5.10 Å². The van der Waals surface area contributed by atoms with Crippen molar-refractivity contribution < 1.29 is 0 Å². The van der Waals surface area contributed by atoms with E-state index in [4.69, 9.17) is 0 Å². The molecule has 0 saturated heterocycles. The van der Waals surface area contributed by atoms with E-state index in [9.17, 15) is 0 Å². The highest BCUT2D eigenvalue weighted by molar-refractivity contribution is 14.1. The van der Waals surface area contributed by atoms with Gasteiger partial charge >= 0.3 is 0 Å². The Morgan fingerprint density at radius 1 is 1.45 bits per heavy atom. The number of fused-ring (bicyclic) bond motifs is 1. The highest BCUT2D eigenvalue weighted by Crippen LogP contribution is 2.13. The largest absolute Gasteiger partial charge is 0.250 e. The minimum atomic E-state index is 0.879. The van der Waals surface area contributed by atoms with Crippen LogP contribution in [0.2, 0.25) is 0 Å². The molecule has 0 fully saturated rings. The summed E-state index contributed by atoms with van der Waals surface area (Å²) in [5.74, 6) is 0. The predicted octanol–water partition coefficient (Wildman–Crippen LogP) is 0.968. The fourth-order valence-corrected chi connectivity index (χ4v) is 1.44. The molecule has 0 N–H and O–H groups in total. The Morgan fingerprint density at radius 3 is 3.00 bits per heavy atom. The summed E-state index contributed by atoms with van der Waals surface area (Å²) in [7, 11) is 1.87. The smallest absolute Gasteiger partial charge is 0.161 e. The first-order valence-corrected chi connectivity index (χ1v) is 4.15. The summed E-state index contributed by atoms with van der Waals surface area (Å²) >= 11 is 2.17. The first-order valence-electron chi connectivity index (χ1n) is 3.07. The standard InChI is InChI=1S/C6H5IN4/c1-11-6-4(2-10-11)5(7)8-3-9-6/h2-3H,1H3. The van der Waals surface area contributed by atoms with Crippen molar-refractivity contribution in [2.45, 2.75) is 0 Å². The number of aromatic nitrogens is 4. The fourth-order valence-electron chi connectivity index (χ4n) is 0.933. The molecule has 0 amide bonds. The van der Waals surface area contributed by atoms with Crippen LogP contribution in [0.1, 0.15) is 0 Å². The van der Waals surface area contributed by atoms with Crippen molar-refractivity contribution in [2.75, 3.05) is 0 Å². The molecule has 2 heterocycles. The first-order chi connectivity index (χ1) is 5.29. The molecular weight excluding hydrogens is 255 g/mol. The van der Waals surface area contributed by atoms with Crippen LogP contribution in [0.15, 0.2) is 12.5 Å². The molecule has 2 aromatic heterocycles. The molecule has 56 valence electrons. The van der Waals surface area contributed by atoms with Gasteiger partial charge in [0.1, 0.15) is 10.0 Å². The molecule has 2 rings (SSSR count). The molecule has 2 aromatic rings. The maximum absolute atomic E-state index is 4.09. The Labute approximate surface area is 76.8 Å². The second-order valence-electron chi connectivity index (χ2n) is 2.17. The van der Waals surface area contributed by atoms with Gasteiger partial charge < -0.3 is 0 Å². The van der Waals surface area contributed by atoms with Crippen LogP contribution in [0, 0.1) is 3.70 Å². The normalized spacial score (nSPS) is 10.7. The first kappa shape index (κ1) is 6.96. The number of rotatable bonds is 0. The summed E-state index contributed by atoms with van der Waals surface area (Å²) in [6.45, 7) is 0. The van der Waals surface area contributed by atoms with E-state index in [0.29, 0.717) is 0 Å². The van der Waals surface area contributed by atoms with Gasteiger partial charge in [-0.3, -0.25) is 4.68 Å². The molecule has 0 aliphatic rings. The van der Waals surface area contributed by atoms with Gasteiger partial charge in [0.25, 0.3) is 0 Å². The molecular formula is C6H5IN4. The Bertz CT molecular complexity index is 394. The predicted molar refractivity (Wildman–Crippen MR) is 49.0 cm³/mol. The fraction of sp³-hybridized carbons (Fsp3) is 0.167. The Morgan fingerprint density at radius 2 is 2.27 bits per heavy atom. The summed E-state index contributed by atoms with van der Waals surface area (Å²) in [4.78, 5) is 8.13. The van der Waals surface area contributed by atoms with E-state index in [-0.39, 0.29) is 0 Å². The molecule has 0 saturated carbocycles. The quantitative estimate of drug-likeness (QED) is 0.523. The summed E-state index contributed by atoms with van der Waals surface area (Å²) in [5, 5.41) is 5.08. The zero-order valence-electron chi connectivity index (χ0n) is 5.82. The van der Waals surface area contributed by atoms with Crippen LogP contribution in [0.25, 0.3) is 11.0 Å². The minimum Gasteiger partial charge on any atom is -0.250 e. The molecule has 0 radical (unpaired) electrons. The van der Waals surface area contributed by atoms with Crippen molar-refractivity contribution in [3.8, 4) is 0 Å². The summed E-state index contributed by atoms with van der Waals surface area (Å²) in [6.07, 6.45) is 3.32. The second kappa shape index (κ2) is 2.40. The van der Waals surface area contributed by atoms with Gasteiger partial charge in [0, 0.05) is 7.05 Å². The molecule has 0 aliphatic heterocycles. The summed E-state index contributed by atoms with van der Waals surface area (Å²) < 4.78 is 2.68. The van der Waals surface area contributed by atoms with E-state index in [1.165, 1.54) is 0 Å². The van der Waals surface area contributed by atoms with E-state index in [1.54, 1.807) is 17.2 Å². The third-order valence-electron chi connectivity index (χ3n) is 1.48. The third-order valence-corrected chi connectivity index (χ3v) is 2.34. The monoisotopic (exact) mass is 260 g/mol. The minimum absolute atomic E-state index is 0.879. The van der Waals surface area contributed by atoms with Gasteiger partial charge in [-0.15, -0.1) is 0 Å². The molecule has 0 unspecified atom stereocenters. The molecule has 0 bridgehead atoms. The van der Waals surface area contributed by atoms with Crippen molar-refractivity contribution in [3.05, 3.63) is 16.2 Å². The van der Waals surface area contributed by atoms with Gasteiger partial charge in [0.05, 0.1) is 11.6 Å². The number of nitrogens with zero attached hydrogens (tertiary/aromatic N) is 4. The van der Waals surface area contributed by atoms with Gasteiger partial charge in [0.2, 0.25) is 0 Å². The van der Waals surface area contributed by atoms with Crippen molar-refractivity contribution >= 4 is 33.6 Å². The lowest BCUT2D eigenvalue weighted by Gasteiger charge is -1.91. The molecule has 0 spiro atoms. The van der Waals surface area contributed by atoms with E-state index >= 15 is 0 Å². The SMILES string of the molecule is Cn1ncc2c(I)ncnc21. The van der Waals surface area contributed by atoms with E-state index in [0.717, 1.165) is 14.7 Å². The zero-order chi connectivity index (χ0) is 7.84. The van der Waals surface area contributed by atoms with Crippen LogP contribution in [0.3, 0.4) is 0 Å². The zero-order valence-corrected chi connectivity index (χ0v) is 7.98. The van der Waals surface area contributed by atoms with E-state index < -0.39 is 0 Å². The maximum Gasteiger partial charge on any atom is 0.161 e. The van der Waals surface area contributed by atoms with Crippen molar-refractivity contribution in [1.29, 1.82) is 0 Å². The molecule has 0 atom stereocenters. The van der Waals surface area contributed by atoms with Crippen LogP contribution in [-0.2, 0) is 7.05 Å². The molecule has 0 aromatic carbocycles. The summed E-state index contributed by atoms with van der Waals surface area (Å²) in [6, 6.07) is 0. The molecule has 0 aliphatic carbocycles.